The lowest BCUT2D eigenvalue weighted by atomic mass is 9.92. The van der Waals surface area contributed by atoms with Gasteiger partial charge in [-0.2, -0.15) is 0 Å². The molecular weight excluding hydrogens is 422 g/mol. The average molecular weight is 437 g/mol. The van der Waals surface area contributed by atoms with Crippen LogP contribution in [0.4, 0.5) is 10.5 Å². The number of urea groups is 1. The van der Waals surface area contributed by atoms with E-state index in [1.165, 1.54) is 0 Å². The van der Waals surface area contributed by atoms with Gasteiger partial charge in [0.05, 0.1) is 0 Å². The number of rotatable bonds is 4. The van der Waals surface area contributed by atoms with Gasteiger partial charge in [0.2, 0.25) is 5.91 Å². The van der Waals surface area contributed by atoms with E-state index in [0.29, 0.717) is 20.7 Å². The van der Waals surface area contributed by atoms with Crippen molar-refractivity contribution in [1.82, 2.24) is 10.2 Å². The van der Waals surface area contributed by atoms with Gasteiger partial charge in [0.1, 0.15) is 12.1 Å². The predicted molar refractivity (Wildman–Crippen MR) is 102 cm³/mol. The third-order valence-electron chi connectivity index (χ3n) is 4.10. The van der Waals surface area contributed by atoms with E-state index in [4.69, 9.17) is 11.6 Å². The molecule has 3 rings (SSSR count). The Labute approximate surface area is 163 Å². The predicted octanol–water partition coefficient (Wildman–Crippen LogP) is 3.51. The maximum atomic E-state index is 12.9. The van der Waals surface area contributed by atoms with Gasteiger partial charge >= 0.3 is 6.03 Å². The summed E-state index contributed by atoms with van der Waals surface area (Å²) in [6, 6.07) is 13.1. The van der Waals surface area contributed by atoms with Crippen molar-refractivity contribution in [2.24, 2.45) is 0 Å². The second-order valence-electron chi connectivity index (χ2n) is 5.98. The van der Waals surface area contributed by atoms with Crippen LogP contribution in [0.2, 0.25) is 5.02 Å². The van der Waals surface area contributed by atoms with E-state index in [1.54, 1.807) is 49.4 Å². The van der Waals surface area contributed by atoms with E-state index in [9.17, 15) is 14.4 Å². The summed E-state index contributed by atoms with van der Waals surface area (Å²) in [5.74, 6) is -0.984. The molecule has 2 N–H and O–H groups in total. The highest BCUT2D eigenvalue weighted by Crippen LogP contribution is 2.33. The fourth-order valence-electron chi connectivity index (χ4n) is 2.80. The van der Waals surface area contributed by atoms with Gasteiger partial charge < -0.3 is 10.6 Å². The fourth-order valence-corrected chi connectivity index (χ4v) is 3.67. The van der Waals surface area contributed by atoms with Crippen LogP contribution in [-0.2, 0) is 15.1 Å². The van der Waals surface area contributed by atoms with Gasteiger partial charge in [-0.15, -0.1) is 0 Å². The van der Waals surface area contributed by atoms with Gasteiger partial charge in [-0.05, 0) is 31.2 Å². The molecule has 1 aliphatic heterocycles. The van der Waals surface area contributed by atoms with Crippen LogP contribution in [0.15, 0.2) is 53.0 Å². The normalized spacial score (nSPS) is 19.4. The van der Waals surface area contributed by atoms with E-state index in [-0.39, 0.29) is 0 Å². The number of carbonyl (C=O) groups excluding carboxylic acids is 3. The van der Waals surface area contributed by atoms with Crippen LogP contribution in [0.1, 0.15) is 12.5 Å². The number of nitrogens with zero attached hydrogens (tertiary/aromatic N) is 1. The Bertz CT molecular complexity index is 905. The van der Waals surface area contributed by atoms with Crippen LogP contribution in [0.5, 0.6) is 0 Å². The van der Waals surface area contributed by atoms with Crippen LogP contribution in [0.25, 0.3) is 0 Å². The first-order chi connectivity index (χ1) is 12.3. The average Bonchev–Trinajstić information content (AvgIpc) is 2.79. The molecule has 1 heterocycles. The van der Waals surface area contributed by atoms with Crippen molar-refractivity contribution < 1.29 is 14.4 Å². The molecule has 0 radical (unpaired) electrons. The highest BCUT2D eigenvalue weighted by molar-refractivity contribution is 9.10. The molecule has 2 aromatic carbocycles. The summed E-state index contributed by atoms with van der Waals surface area (Å²) < 4.78 is 0.696. The zero-order valence-electron chi connectivity index (χ0n) is 13.8. The number of hydrogen-bond donors (Lipinski definition) is 2. The Morgan fingerprint density at radius 1 is 1.23 bits per heavy atom. The molecular formula is C18H15BrClN3O3. The number of carbonyl (C=O) groups is 3. The van der Waals surface area contributed by atoms with Gasteiger partial charge in [0, 0.05) is 20.7 Å². The van der Waals surface area contributed by atoms with Crippen LogP contribution in [0.3, 0.4) is 0 Å². The smallest absolute Gasteiger partial charge is 0.324 e. The molecule has 2 aromatic rings. The molecule has 0 bridgehead atoms. The molecule has 0 spiro atoms. The molecule has 1 saturated heterocycles. The summed E-state index contributed by atoms with van der Waals surface area (Å²) in [6.07, 6.45) is 0. The minimum atomic E-state index is -1.24. The Balaban J connectivity index is 1.77. The lowest BCUT2D eigenvalue weighted by Crippen LogP contribution is -2.42. The van der Waals surface area contributed by atoms with Crippen molar-refractivity contribution in [2.45, 2.75) is 12.5 Å². The van der Waals surface area contributed by atoms with Crippen LogP contribution in [-0.4, -0.2) is 29.3 Å². The van der Waals surface area contributed by atoms with Crippen LogP contribution < -0.4 is 10.6 Å². The van der Waals surface area contributed by atoms with E-state index in [2.05, 4.69) is 26.6 Å². The molecule has 6 nitrogen and oxygen atoms in total. The molecule has 8 heteroatoms. The molecule has 1 atom stereocenters. The highest BCUT2D eigenvalue weighted by Gasteiger charge is 2.50. The summed E-state index contributed by atoms with van der Waals surface area (Å²) in [6.45, 7) is 1.22. The summed E-state index contributed by atoms with van der Waals surface area (Å²) >= 11 is 9.28. The summed E-state index contributed by atoms with van der Waals surface area (Å²) in [4.78, 5) is 38.3. The molecule has 0 saturated carbocycles. The zero-order valence-corrected chi connectivity index (χ0v) is 16.1. The monoisotopic (exact) mass is 435 g/mol. The van der Waals surface area contributed by atoms with Crippen molar-refractivity contribution in [3.63, 3.8) is 0 Å². The van der Waals surface area contributed by atoms with Crippen LogP contribution >= 0.6 is 27.5 Å². The van der Waals surface area contributed by atoms with Crippen LogP contribution in [0, 0.1) is 0 Å². The van der Waals surface area contributed by atoms with Crippen molar-refractivity contribution in [3.05, 3.63) is 63.6 Å². The Hall–Kier alpha value is -2.38. The van der Waals surface area contributed by atoms with Gasteiger partial charge in [-0.1, -0.05) is 51.8 Å². The van der Waals surface area contributed by atoms with E-state index in [1.807, 2.05) is 6.07 Å². The molecule has 1 fully saturated rings. The maximum Gasteiger partial charge on any atom is 0.325 e. The fraction of sp³-hybridized carbons (Fsp3) is 0.167. The quantitative estimate of drug-likeness (QED) is 0.720. The lowest BCUT2D eigenvalue weighted by Gasteiger charge is -2.23. The molecule has 26 heavy (non-hydrogen) atoms. The first kappa shape index (κ1) is 18.4. The summed E-state index contributed by atoms with van der Waals surface area (Å²) in [5, 5.41) is 5.77. The largest absolute Gasteiger partial charge is 0.325 e. The number of imide groups is 1. The molecule has 1 aliphatic rings. The first-order valence-electron chi connectivity index (χ1n) is 7.76. The van der Waals surface area contributed by atoms with Gasteiger partial charge in [0.25, 0.3) is 5.91 Å². The Morgan fingerprint density at radius 3 is 2.65 bits per heavy atom. The molecule has 0 unspecified atom stereocenters. The third kappa shape index (κ3) is 3.45. The SMILES string of the molecule is C[C@@]1(c2ccccc2Br)NC(=O)N(CC(=O)Nc2cccc(Cl)c2)C1=O. The minimum Gasteiger partial charge on any atom is -0.324 e. The van der Waals surface area contributed by atoms with Gasteiger partial charge in [-0.25, -0.2) is 4.79 Å². The van der Waals surface area contributed by atoms with Crippen molar-refractivity contribution in [3.8, 4) is 0 Å². The standard InChI is InChI=1S/C18H15BrClN3O3/c1-18(13-7-2-3-8-14(13)19)16(25)23(17(26)22-18)10-15(24)21-12-6-4-5-11(20)9-12/h2-9H,10H2,1H3,(H,21,24)(H,22,26)/t18-/m0/s1. The number of hydrogen-bond acceptors (Lipinski definition) is 3. The number of nitrogens with one attached hydrogen (secondary N) is 2. The van der Waals surface area contributed by atoms with Gasteiger partial charge in [0.15, 0.2) is 0 Å². The third-order valence-corrected chi connectivity index (χ3v) is 5.02. The Morgan fingerprint density at radius 2 is 1.96 bits per heavy atom. The summed E-state index contributed by atoms with van der Waals surface area (Å²) in [5.41, 5.74) is -0.132. The highest BCUT2D eigenvalue weighted by atomic mass is 79.9. The number of amides is 4. The Kier molecular flexibility index (Phi) is 5.02. The van der Waals surface area contributed by atoms with Crippen molar-refractivity contribution >= 4 is 51.1 Å². The number of benzene rings is 2. The topological polar surface area (TPSA) is 78.5 Å². The second-order valence-corrected chi connectivity index (χ2v) is 7.28. The minimum absolute atomic E-state index is 0.392. The number of halogens is 2. The van der Waals surface area contributed by atoms with E-state index >= 15 is 0 Å². The van der Waals surface area contributed by atoms with E-state index < -0.39 is 29.9 Å². The summed E-state index contributed by atoms with van der Waals surface area (Å²) in [7, 11) is 0. The van der Waals surface area contributed by atoms with Crippen molar-refractivity contribution in [1.29, 1.82) is 0 Å². The van der Waals surface area contributed by atoms with E-state index in [0.717, 1.165) is 4.90 Å². The second kappa shape index (κ2) is 7.09. The first-order valence-corrected chi connectivity index (χ1v) is 8.93. The molecule has 134 valence electrons. The lowest BCUT2D eigenvalue weighted by molar-refractivity contribution is -0.133. The zero-order chi connectivity index (χ0) is 18.9. The number of anilines is 1. The molecule has 0 aromatic heterocycles. The van der Waals surface area contributed by atoms with Gasteiger partial charge in [-0.3, -0.25) is 14.5 Å². The van der Waals surface area contributed by atoms with Crippen molar-refractivity contribution in [2.75, 3.05) is 11.9 Å². The molecule has 4 amide bonds. The molecule has 0 aliphatic carbocycles. The maximum absolute atomic E-state index is 12.9.